The lowest BCUT2D eigenvalue weighted by Gasteiger charge is -2.18. The normalized spacial score (nSPS) is 11.6. The fourth-order valence-electron chi connectivity index (χ4n) is 1.53. The van der Waals surface area contributed by atoms with E-state index in [1.807, 2.05) is 6.07 Å². The van der Waals surface area contributed by atoms with Crippen molar-refractivity contribution in [3.05, 3.63) is 51.2 Å². The average molecular weight is 308 g/mol. The van der Waals surface area contributed by atoms with Crippen LogP contribution in [0.2, 0.25) is 0 Å². The van der Waals surface area contributed by atoms with E-state index in [4.69, 9.17) is 0 Å². The monoisotopic (exact) mass is 307 g/mol. The molecule has 2 aromatic heterocycles. The lowest BCUT2D eigenvalue weighted by molar-refractivity contribution is 0.563. The number of aromatic nitrogens is 3. The molecule has 0 spiro atoms. The Morgan fingerprint density at radius 3 is 2.56 bits per heavy atom. The van der Waals surface area contributed by atoms with E-state index in [2.05, 4.69) is 46.7 Å². The van der Waals surface area contributed by atoms with Gasteiger partial charge >= 0.3 is 0 Å². The molecule has 0 unspecified atom stereocenters. The third-order valence-electron chi connectivity index (χ3n) is 2.52. The van der Waals surface area contributed by atoms with Crippen LogP contribution in [0.1, 0.15) is 26.5 Å². The maximum absolute atomic E-state index is 11.8. The van der Waals surface area contributed by atoms with Crippen molar-refractivity contribution < 1.29 is 0 Å². The minimum Gasteiger partial charge on any atom is -0.269 e. The molecule has 0 aromatic carbocycles. The molecule has 0 fully saturated rings. The molecule has 4 nitrogen and oxygen atoms in total. The molecular formula is C13H14BrN3O. The van der Waals surface area contributed by atoms with Crippen LogP contribution in [0.3, 0.4) is 0 Å². The summed E-state index contributed by atoms with van der Waals surface area (Å²) in [5, 5.41) is 0. The van der Waals surface area contributed by atoms with Crippen LogP contribution < -0.4 is 5.56 Å². The molecule has 0 aliphatic rings. The SMILES string of the molecule is CC(C)(C)c1cc(-n2ccccc2=O)nc(Br)n1. The van der Waals surface area contributed by atoms with Crippen molar-refractivity contribution in [2.24, 2.45) is 0 Å². The van der Waals surface area contributed by atoms with E-state index >= 15 is 0 Å². The van der Waals surface area contributed by atoms with E-state index in [0.717, 1.165) is 5.69 Å². The minimum absolute atomic E-state index is 0.0986. The maximum Gasteiger partial charge on any atom is 0.256 e. The van der Waals surface area contributed by atoms with Gasteiger partial charge in [0.25, 0.3) is 5.56 Å². The largest absolute Gasteiger partial charge is 0.269 e. The molecule has 0 aliphatic carbocycles. The predicted molar refractivity (Wildman–Crippen MR) is 74.0 cm³/mol. The zero-order valence-corrected chi connectivity index (χ0v) is 12.1. The number of hydrogen-bond donors (Lipinski definition) is 0. The van der Waals surface area contributed by atoms with Crippen molar-refractivity contribution >= 4 is 15.9 Å². The molecule has 0 saturated carbocycles. The van der Waals surface area contributed by atoms with Gasteiger partial charge in [0.15, 0.2) is 4.73 Å². The highest BCUT2D eigenvalue weighted by molar-refractivity contribution is 9.10. The lowest BCUT2D eigenvalue weighted by Crippen LogP contribution is -2.20. The van der Waals surface area contributed by atoms with Gasteiger partial charge in [-0.15, -0.1) is 0 Å². The Bertz CT molecular complexity index is 629. The van der Waals surface area contributed by atoms with Gasteiger partial charge in [-0.05, 0) is 22.0 Å². The lowest BCUT2D eigenvalue weighted by atomic mass is 9.92. The fourth-order valence-corrected chi connectivity index (χ4v) is 1.90. The second kappa shape index (κ2) is 4.65. The van der Waals surface area contributed by atoms with E-state index < -0.39 is 0 Å². The summed E-state index contributed by atoms with van der Waals surface area (Å²) in [6.07, 6.45) is 1.70. The van der Waals surface area contributed by atoms with Gasteiger partial charge in [-0.1, -0.05) is 26.8 Å². The van der Waals surface area contributed by atoms with Gasteiger partial charge in [0.05, 0.1) is 5.69 Å². The number of halogens is 1. The fraction of sp³-hybridized carbons (Fsp3) is 0.308. The summed E-state index contributed by atoms with van der Waals surface area (Å²) in [7, 11) is 0. The van der Waals surface area contributed by atoms with Crippen LogP contribution in [-0.4, -0.2) is 14.5 Å². The van der Waals surface area contributed by atoms with Crippen LogP contribution in [0.25, 0.3) is 5.82 Å². The third kappa shape index (κ3) is 2.67. The summed E-state index contributed by atoms with van der Waals surface area (Å²) in [6.45, 7) is 6.21. The van der Waals surface area contributed by atoms with Crippen molar-refractivity contribution in [1.29, 1.82) is 0 Å². The first-order chi connectivity index (χ1) is 8.38. The topological polar surface area (TPSA) is 47.8 Å². The van der Waals surface area contributed by atoms with Crippen LogP contribution in [0.4, 0.5) is 0 Å². The Hall–Kier alpha value is -1.49. The van der Waals surface area contributed by atoms with Crippen molar-refractivity contribution in [3.8, 4) is 5.82 Å². The first-order valence-corrected chi connectivity index (χ1v) is 6.40. The first-order valence-electron chi connectivity index (χ1n) is 5.61. The molecule has 0 radical (unpaired) electrons. The number of pyridine rings is 1. The molecule has 0 amide bonds. The summed E-state index contributed by atoms with van der Waals surface area (Å²) in [5.74, 6) is 0.576. The molecule has 18 heavy (non-hydrogen) atoms. The van der Waals surface area contributed by atoms with Crippen molar-refractivity contribution in [2.75, 3.05) is 0 Å². The highest BCUT2D eigenvalue weighted by atomic mass is 79.9. The zero-order chi connectivity index (χ0) is 13.3. The molecular weight excluding hydrogens is 294 g/mol. The second-order valence-corrected chi connectivity index (χ2v) is 5.75. The van der Waals surface area contributed by atoms with E-state index in [1.165, 1.54) is 10.6 Å². The quantitative estimate of drug-likeness (QED) is 0.761. The summed E-state index contributed by atoms with van der Waals surface area (Å²) >= 11 is 3.29. The van der Waals surface area contributed by atoms with Crippen LogP contribution in [0, 0.1) is 0 Å². The first kappa shape index (κ1) is 13.0. The predicted octanol–water partition coefficient (Wildman–Crippen LogP) is 2.69. The molecule has 0 saturated heterocycles. The number of nitrogens with zero attached hydrogens (tertiary/aromatic N) is 3. The zero-order valence-electron chi connectivity index (χ0n) is 10.5. The molecule has 2 aromatic rings. The highest BCUT2D eigenvalue weighted by Crippen LogP contribution is 2.22. The summed E-state index contributed by atoms with van der Waals surface area (Å²) < 4.78 is 1.99. The summed E-state index contributed by atoms with van der Waals surface area (Å²) in [6, 6.07) is 6.85. The van der Waals surface area contributed by atoms with Gasteiger partial charge in [0, 0.05) is 23.7 Å². The third-order valence-corrected chi connectivity index (χ3v) is 2.88. The molecule has 0 aliphatic heterocycles. The Kier molecular flexibility index (Phi) is 3.34. The van der Waals surface area contributed by atoms with E-state index in [0.29, 0.717) is 10.6 Å². The number of hydrogen-bond acceptors (Lipinski definition) is 3. The van der Waals surface area contributed by atoms with Gasteiger partial charge < -0.3 is 0 Å². The Morgan fingerprint density at radius 1 is 1.22 bits per heavy atom. The van der Waals surface area contributed by atoms with E-state index in [9.17, 15) is 4.79 Å². The van der Waals surface area contributed by atoms with Gasteiger partial charge in [0.1, 0.15) is 5.82 Å². The molecule has 5 heteroatoms. The number of rotatable bonds is 1. The van der Waals surface area contributed by atoms with Crippen molar-refractivity contribution in [1.82, 2.24) is 14.5 Å². The smallest absolute Gasteiger partial charge is 0.256 e. The maximum atomic E-state index is 11.8. The van der Waals surface area contributed by atoms with Gasteiger partial charge in [0.2, 0.25) is 0 Å². The molecule has 2 rings (SSSR count). The Morgan fingerprint density at radius 2 is 1.94 bits per heavy atom. The molecule has 94 valence electrons. The van der Waals surface area contributed by atoms with Crippen LogP contribution in [0.15, 0.2) is 40.0 Å². The van der Waals surface area contributed by atoms with Crippen molar-refractivity contribution in [3.63, 3.8) is 0 Å². The van der Waals surface area contributed by atoms with Gasteiger partial charge in [-0.25, -0.2) is 9.97 Å². The Balaban J connectivity index is 2.63. The van der Waals surface area contributed by atoms with E-state index in [1.54, 1.807) is 18.3 Å². The highest BCUT2D eigenvalue weighted by Gasteiger charge is 2.18. The standard InChI is InChI=1S/C13H14BrN3O/c1-13(2,3)9-8-10(16-12(14)15-9)17-7-5-4-6-11(17)18/h4-8H,1-3H3. The molecule has 0 atom stereocenters. The van der Waals surface area contributed by atoms with Crippen molar-refractivity contribution in [2.45, 2.75) is 26.2 Å². The molecule has 0 bridgehead atoms. The van der Waals surface area contributed by atoms with Crippen LogP contribution in [0.5, 0.6) is 0 Å². The molecule has 2 heterocycles. The molecule has 0 N–H and O–H groups in total. The summed E-state index contributed by atoms with van der Waals surface area (Å²) in [4.78, 5) is 20.4. The van der Waals surface area contributed by atoms with E-state index in [-0.39, 0.29) is 11.0 Å². The van der Waals surface area contributed by atoms with Crippen LogP contribution >= 0.6 is 15.9 Å². The second-order valence-electron chi connectivity index (χ2n) is 5.04. The Labute approximate surface area is 114 Å². The van der Waals surface area contributed by atoms with Gasteiger partial charge in [-0.3, -0.25) is 9.36 Å². The van der Waals surface area contributed by atoms with Gasteiger partial charge in [-0.2, -0.15) is 0 Å². The summed E-state index contributed by atoms with van der Waals surface area (Å²) in [5.41, 5.74) is 0.677. The average Bonchev–Trinajstić information content (AvgIpc) is 2.27. The minimum atomic E-state index is -0.108. The van der Waals surface area contributed by atoms with Crippen LogP contribution in [-0.2, 0) is 5.41 Å².